The molecule has 5 aromatic rings. The Hall–Kier alpha value is -3.55. The lowest BCUT2D eigenvalue weighted by atomic mass is 10.0. The number of hydrogen-bond acceptors (Lipinski definition) is 5. The van der Waals surface area contributed by atoms with Crippen LogP contribution in [0.5, 0.6) is 0 Å². The molecule has 8 heteroatoms. The minimum absolute atomic E-state index is 0.206. The number of nitrogens with zero attached hydrogens (tertiary/aromatic N) is 3. The van der Waals surface area contributed by atoms with Gasteiger partial charge in [-0.3, -0.25) is 9.89 Å². The maximum Gasteiger partial charge on any atom is 0.255 e. The summed E-state index contributed by atoms with van der Waals surface area (Å²) in [6.45, 7) is 0.264. The van der Waals surface area contributed by atoms with Gasteiger partial charge in [0, 0.05) is 22.1 Å². The summed E-state index contributed by atoms with van der Waals surface area (Å²) in [5.41, 5.74) is 5.18. The third-order valence-corrected chi connectivity index (χ3v) is 5.88. The third-order valence-electron chi connectivity index (χ3n) is 5.58. The van der Waals surface area contributed by atoms with Crippen LogP contribution in [0.15, 0.2) is 59.5 Å². The molecule has 0 saturated heterocycles. The van der Waals surface area contributed by atoms with Crippen molar-refractivity contribution >= 4 is 33.7 Å². The van der Waals surface area contributed by atoms with Gasteiger partial charge in [0.15, 0.2) is 5.65 Å². The quantitative estimate of drug-likeness (QED) is 0.404. The standard InChI is InChI=1S/C24H18ClN5O2/c25-18-9-14(8-15-11-26-30-20(15)18)22-21(13-4-2-1-3-5-13)28-23-19(27-22)10-16(24(31)29-23)12-32-17-6-7-17/h1-5,8-11,17H,6-7,12H2,(H,26,30)(H,28,29,31). The fraction of sp³-hybridized carbons (Fsp3) is 0.167. The molecule has 2 aromatic carbocycles. The topological polar surface area (TPSA) is 96.6 Å². The summed E-state index contributed by atoms with van der Waals surface area (Å²) in [6.07, 6.45) is 4.09. The van der Waals surface area contributed by atoms with Gasteiger partial charge < -0.3 is 9.72 Å². The first-order valence-electron chi connectivity index (χ1n) is 10.4. The second-order valence-corrected chi connectivity index (χ2v) is 8.35. The highest BCUT2D eigenvalue weighted by atomic mass is 35.5. The molecule has 6 rings (SSSR count). The van der Waals surface area contributed by atoms with Gasteiger partial charge in [-0.2, -0.15) is 5.10 Å². The Morgan fingerprint density at radius 1 is 1.03 bits per heavy atom. The van der Waals surface area contributed by atoms with Gasteiger partial charge in [-0.05, 0) is 31.0 Å². The van der Waals surface area contributed by atoms with Crippen LogP contribution in [0, 0.1) is 0 Å². The van der Waals surface area contributed by atoms with Gasteiger partial charge in [0.1, 0.15) is 5.52 Å². The van der Waals surface area contributed by atoms with Crippen molar-refractivity contribution in [2.24, 2.45) is 0 Å². The molecule has 32 heavy (non-hydrogen) atoms. The minimum atomic E-state index is -0.206. The second kappa shape index (κ2) is 7.55. The molecule has 1 saturated carbocycles. The summed E-state index contributed by atoms with van der Waals surface area (Å²) in [4.78, 5) is 25.2. The normalized spacial score (nSPS) is 13.8. The fourth-order valence-electron chi connectivity index (χ4n) is 3.76. The summed E-state index contributed by atoms with van der Waals surface area (Å²) in [6, 6.07) is 15.4. The Kier molecular flexibility index (Phi) is 4.52. The van der Waals surface area contributed by atoms with Gasteiger partial charge in [0.25, 0.3) is 5.56 Å². The van der Waals surface area contributed by atoms with Crippen molar-refractivity contribution in [1.29, 1.82) is 0 Å². The predicted octanol–water partition coefficient (Wildman–Crippen LogP) is 4.86. The van der Waals surface area contributed by atoms with E-state index < -0.39 is 0 Å². The average Bonchev–Trinajstić information content (AvgIpc) is 3.51. The molecular weight excluding hydrogens is 426 g/mol. The van der Waals surface area contributed by atoms with E-state index in [1.807, 2.05) is 42.5 Å². The molecule has 2 N–H and O–H groups in total. The van der Waals surface area contributed by atoms with Crippen LogP contribution >= 0.6 is 11.6 Å². The van der Waals surface area contributed by atoms with Crippen molar-refractivity contribution in [2.75, 3.05) is 0 Å². The van der Waals surface area contributed by atoms with Crippen LogP contribution in [0.1, 0.15) is 18.4 Å². The van der Waals surface area contributed by atoms with E-state index in [-0.39, 0.29) is 18.3 Å². The molecule has 158 valence electrons. The zero-order valence-electron chi connectivity index (χ0n) is 16.9. The highest BCUT2D eigenvalue weighted by molar-refractivity contribution is 6.35. The number of rotatable bonds is 5. The van der Waals surface area contributed by atoms with E-state index in [0.717, 1.165) is 34.9 Å². The fourth-order valence-corrected chi connectivity index (χ4v) is 4.03. The summed E-state index contributed by atoms with van der Waals surface area (Å²) in [7, 11) is 0. The highest BCUT2D eigenvalue weighted by Crippen LogP contribution is 2.34. The number of hydrogen-bond donors (Lipinski definition) is 2. The van der Waals surface area contributed by atoms with E-state index in [1.54, 1.807) is 12.3 Å². The Morgan fingerprint density at radius 2 is 1.84 bits per heavy atom. The van der Waals surface area contributed by atoms with Gasteiger partial charge in [-0.25, -0.2) is 9.97 Å². The Bertz CT molecular complexity index is 1520. The number of fused-ring (bicyclic) bond motifs is 2. The Morgan fingerprint density at radius 3 is 2.66 bits per heavy atom. The van der Waals surface area contributed by atoms with Crippen molar-refractivity contribution in [3.63, 3.8) is 0 Å². The van der Waals surface area contributed by atoms with E-state index in [1.165, 1.54) is 0 Å². The number of nitrogens with one attached hydrogen (secondary N) is 2. The third kappa shape index (κ3) is 3.45. The van der Waals surface area contributed by atoms with E-state index in [9.17, 15) is 4.79 Å². The highest BCUT2D eigenvalue weighted by Gasteiger charge is 2.23. The Labute approximate surface area is 187 Å². The van der Waals surface area contributed by atoms with Crippen molar-refractivity contribution < 1.29 is 4.74 Å². The van der Waals surface area contributed by atoms with Gasteiger partial charge in [0.05, 0.1) is 40.8 Å². The number of ether oxygens (including phenoxy) is 1. The summed E-state index contributed by atoms with van der Waals surface area (Å²) in [5.74, 6) is 0. The minimum Gasteiger partial charge on any atom is -0.373 e. The average molecular weight is 444 g/mol. The molecule has 0 radical (unpaired) electrons. The van der Waals surface area contributed by atoms with E-state index in [0.29, 0.717) is 33.1 Å². The lowest BCUT2D eigenvalue weighted by molar-refractivity contribution is 0.105. The lowest BCUT2D eigenvalue weighted by Crippen LogP contribution is -2.15. The molecule has 0 amide bonds. The second-order valence-electron chi connectivity index (χ2n) is 7.95. The summed E-state index contributed by atoms with van der Waals surface area (Å²) >= 11 is 6.51. The zero-order valence-corrected chi connectivity index (χ0v) is 17.7. The SMILES string of the molecule is O=c1[nH]c2nc(-c3ccccc3)c(-c3cc(Cl)c4[nH]ncc4c3)nc2cc1COC1CC1. The summed E-state index contributed by atoms with van der Waals surface area (Å²) < 4.78 is 5.74. The van der Waals surface area contributed by atoms with Crippen LogP contribution in [0.3, 0.4) is 0 Å². The van der Waals surface area contributed by atoms with Crippen molar-refractivity contribution in [1.82, 2.24) is 25.1 Å². The molecule has 0 spiro atoms. The van der Waals surface area contributed by atoms with Crippen LogP contribution in [0.2, 0.25) is 5.02 Å². The van der Waals surface area contributed by atoms with Crippen LogP contribution in [-0.4, -0.2) is 31.3 Å². The number of halogens is 1. The maximum atomic E-state index is 12.6. The lowest BCUT2D eigenvalue weighted by Gasteiger charge is -2.12. The van der Waals surface area contributed by atoms with Crippen molar-refractivity contribution in [3.8, 4) is 22.5 Å². The van der Waals surface area contributed by atoms with Gasteiger partial charge >= 0.3 is 0 Å². The van der Waals surface area contributed by atoms with Gasteiger partial charge in [0.2, 0.25) is 0 Å². The number of benzene rings is 2. The van der Waals surface area contributed by atoms with E-state index in [4.69, 9.17) is 26.3 Å². The molecule has 0 aliphatic heterocycles. The largest absolute Gasteiger partial charge is 0.373 e. The zero-order chi connectivity index (χ0) is 21.7. The van der Waals surface area contributed by atoms with E-state index >= 15 is 0 Å². The maximum absolute atomic E-state index is 12.6. The molecular formula is C24H18ClN5O2. The van der Waals surface area contributed by atoms with Crippen LogP contribution in [-0.2, 0) is 11.3 Å². The first kappa shape index (κ1) is 19.2. The molecule has 3 aromatic heterocycles. The van der Waals surface area contributed by atoms with Crippen molar-refractivity contribution in [3.05, 3.63) is 75.7 Å². The number of H-pyrrole nitrogens is 2. The first-order valence-corrected chi connectivity index (χ1v) is 10.8. The number of aromatic amines is 2. The molecule has 1 aliphatic rings. The molecule has 0 bridgehead atoms. The number of aromatic nitrogens is 5. The smallest absolute Gasteiger partial charge is 0.255 e. The molecule has 7 nitrogen and oxygen atoms in total. The van der Waals surface area contributed by atoms with E-state index in [2.05, 4.69) is 15.2 Å². The van der Waals surface area contributed by atoms with Crippen LogP contribution < -0.4 is 5.56 Å². The molecule has 1 fully saturated rings. The van der Waals surface area contributed by atoms with Gasteiger partial charge in [-0.1, -0.05) is 41.9 Å². The van der Waals surface area contributed by atoms with Gasteiger partial charge in [-0.15, -0.1) is 0 Å². The molecule has 1 aliphatic carbocycles. The molecule has 0 atom stereocenters. The monoisotopic (exact) mass is 443 g/mol. The predicted molar refractivity (Wildman–Crippen MR) is 124 cm³/mol. The van der Waals surface area contributed by atoms with Crippen LogP contribution in [0.25, 0.3) is 44.6 Å². The first-order chi connectivity index (χ1) is 15.7. The summed E-state index contributed by atoms with van der Waals surface area (Å²) in [5, 5.41) is 8.44. The Balaban J connectivity index is 1.57. The van der Waals surface area contributed by atoms with Crippen molar-refractivity contribution in [2.45, 2.75) is 25.6 Å². The molecule has 0 unspecified atom stereocenters. The van der Waals surface area contributed by atoms with Crippen LogP contribution in [0.4, 0.5) is 0 Å². The molecule has 3 heterocycles. The number of pyridine rings is 1.